The van der Waals surface area contributed by atoms with Crippen molar-refractivity contribution in [3.8, 4) is 0 Å². The number of nitrogens with two attached hydrogens (primary N) is 1. The van der Waals surface area contributed by atoms with Crippen LogP contribution in [0.4, 0.5) is 11.5 Å². The smallest absolute Gasteiger partial charge is 0.143 e. The SMILES string of the molecule is Cc1c(N)cnc(N2CC3CCC(O)C3C2)c1Br. The Balaban J connectivity index is 1.87. The molecule has 1 aromatic heterocycles. The highest BCUT2D eigenvalue weighted by molar-refractivity contribution is 9.10. The molecule has 0 amide bonds. The molecule has 1 saturated heterocycles. The zero-order chi connectivity index (χ0) is 12.9. The Kier molecular flexibility index (Phi) is 2.98. The van der Waals surface area contributed by atoms with Crippen LogP contribution in [-0.4, -0.2) is 29.3 Å². The predicted molar refractivity (Wildman–Crippen MR) is 75.5 cm³/mol. The maximum atomic E-state index is 9.95. The number of hydrogen-bond donors (Lipinski definition) is 2. The number of fused-ring (bicyclic) bond motifs is 1. The van der Waals surface area contributed by atoms with E-state index in [1.54, 1.807) is 6.20 Å². The van der Waals surface area contributed by atoms with Crippen molar-refractivity contribution in [1.82, 2.24) is 4.98 Å². The second-order valence-electron chi connectivity index (χ2n) is 5.45. The van der Waals surface area contributed by atoms with Crippen LogP contribution in [0.2, 0.25) is 0 Å². The summed E-state index contributed by atoms with van der Waals surface area (Å²) in [4.78, 5) is 6.72. The minimum Gasteiger partial charge on any atom is -0.397 e. The van der Waals surface area contributed by atoms with E-state index in [-0.39, 0.29) is 6.10 Å². The van der Waals surface area contributed by atoms with Crippen LogP contribution in [0.3, 0.4) is 0 Å². The molecular formula is C13H18BrN3O. The summed E-state index contributed by atoms with van der Waals surface area (Å²) >= 11 is 3.59. The van der Waals surface area contributed by atoms with Crippen LogP contribution in [0.5, 0.6) is 0 Å². The van der Waals surface area contributed by atoms with Gasteiger partial charge in [-0.15, -0.1) is 0 Å². The molecule has 2 fully saturated rings. The summed E-state index contributed by atoms with van der Waals surface area (Å²) in [5, 5.41) is 9.95. The molecule has 4 nitrogen and oxygen atoms in total. The number of aliphatic hydroxyl groups is 1. The van der Waals surface area contributed by atoms with Crippen molar-refractivity contribution in [3.63, 3.8) is 0 Å². The Hall–Kier alpha value is -0.810. The van der Waals surface area contributed by atoms with Gasteiger partial charge in [0, 0.05) is 19.0 Å². The van der Waals surface area contributed by atoms with Gasteiger partial charge >= 0.3 is 0 Å². The fraction of sp³-hybridized carbons (Fsp3) is 0.615. The first-order valence-electron chi connectivity index (χ1n) is 6.41. The normalized spacial score (nSPS) is 30.8. The molecule has 1 aliphatic carbocycles. The van der Waals surface area contributed by atoms with Gasteiger partial charge in [0.2, 0.25) is 0 Å². The number of nitrogens with zero attached hydrogens (tertiary/aromatic N) is 2. The number of hydrogen-bond acceptors (Lipinski definition) is 4. The third-order valence-corrected chi connectivity index (χ3v) is 5.35. The first-order valence-corrected chi connectivity index (χ1v) is 7.21. The van der Waals surface area contributed by atoms with E-state index in [1.165, 1.54) is 0 Å². The lowest BCUT2D eigenvalue weighted by atomic mass is 10.00. The number of rotatable bonds is 1. The third kappa shape index (κ3) is 1.80. The minimum absolute atomic E-state index is 0.131. The largest absolute Gasteiger partial charge is 0.397 e. The van der Waals surface area contributed by atoms with Gasteiger partial charge in [-0.1, -0.05) is 0 Å². The van der Waals surface area contributed by atoms with Gasteiger partial charge in [-0.3, -0.25) is 0 Å². The summed E-state index contributed by atoms with van der Waals surface area (Å²) in [5.41, 5.74) is 7.60. The summed E-state index contributed by atoms with van der Waals surface area (Å²) in [6.45, 7) is 3.90. The lowest BCUT2D eigenvalue weighted by Crippen LogP contribution is -2.25. The molecule has 3 rings (SSSR count). The third-order valence-electron chi connectivity index (χ3n) is 4.40. The Labute approximate surface area is 115 Å². The molecule has 3 atom stereocenters. The highest BCUT2D eigenvalue weighted by Gasteiger charge is 2.42. The Morgan fingerprint density at radius 1 is 1.44 bits per heavy atom. The molecule has 5 heteroatoms. The van der Waals surface area contributed by atoms with Gasteiger partial charge in [0.05, 0.1) is 22.5 Å². The fourth-order valence-electron chi connectivity index (χ4n) is 3.21. The lowest BCUT2D eigenvalue weighted by Gasteiger charge is -2.21. The van der Waals surface area contributed by atoms with E-state index in [1.807, 2.05) is 6.92 Å². The summed E-state index contributed by atoms with van der Waals surface area (Å²) in [5.74, 6) is 1.99. The van der Waals surface area contributed by atoms with Crippen LogP contribution < -0.4 is 10.6 Å². The molecular weight excluding hydrogens is 294 g/mol. The van der Waals surface area contributed by atoms with Gasteiger partial charge in [-0.2, -0.15) is 0 Å². The van der Waals surface area contributed by atoms with Crippen LogP contribution in [0.25, 0.3) is 0 Å². The molecule has 18 heavy (non-hydrogen) atoms. The Morgan fingerprint density at radius 2 is 2.22 bits per heavy atom. The predicted octanol–water partition coefficient (Wildman–Crippen LogP) is 1.94. The van der Waals surface area contributed by atoms with Gasteiger partial charge in [-0.05, 0) is 47.2 Å². The number of nitrogen functional groups attached to an aromatic ring is 1. The van der Waals surface area contributed by atoms with E-state index in [2.05, 4.69) is 25.8 Å². The van der Waals surface area contributed by atoms with Gasteiger partial charge in [0.15, 0.2) is 0 Å². The topological polar surface area (TPSA) is 62.4 Å². The monoisotopic (exact) mass is 311 g/mol. The second kappa shape index (κ2) is 4.38. The van der Waals surface area contributed by atoms with Crippen LogP contribution in [-0.2, 0) is 0 Å². The molecule has 1 saturated carbocycles. The number of aliphatic hydroxyl groups excluding tert-OH is 1. The Bertz CT molecular complexity index is 480. The number of halogens is 1. The van der Waals surface area contributed by atoms with Crippen molar-refractivity contribution in [3.05, 3.63) is 16.2 Å². The maximum Gasteiger partial charge on any atom is 0.143 e. The zero-order valence-electron chi connectivity index (χ0n) is 10.4. The molecule has 0 aromatic carbocycles. The fourth-order valence-corrected chi connectivity index (χ4v) is 3.79. The lowest BCUT2D eigenvalue weighted by molar-refractivity contribution is 0.133. The molecule has 0 spiro atoms. The minimum atomic E-state index is -0.131. The standard InChI is InChI=1S/C13H18BrN3O/c1-7-10(15)4-16-13(12(7)14)17-5-8-2-3-11(18)9(8)6-17/h4,8-9,11,18H,2-3,5-6,15H2,1H3. The van der Waals surface area contributed by atoms with E-state index in [0.29, 0.717) is 17.5 Å². The van der Waals surface area contributed by atoms with Crippen molar-refractivity contribution in [2.75, 3.05) is 23.7 Å². The molecule has 0 radical (unpaired) electrons. The Morgan fingerprint density at radius 3 is 2.94 bits per heavy atom. The number of pyridine rings is 1. The van der Waals surface area contributed by atoms with E-state index < -0.39 is 0 Å². The van der Waals surface area contributed by atoms with E-state index in [4.69, 9.17) is 5.73 Å². The van der Waals surface area contributed by atoms with Crippen molar-refractivity contribution in [2.45, 2.75) is 25.9 Å². The van der Waals surface area contributed by atoms with Gasteiger partial charge in [-0.25, -0.2) is 4.98 Å². The van der Waals surface area contributed by atoms with E-state index in [9.17, 15) is 5.11 Å². The summed E-state index contributed by atoms with van der Waals surface area (Å²) in [6, 6.07) is 0. The molecule has 1 aromatic rings. The molecule has 0 bridgehead atoms. The van der Waals surface area contributed by atoms with Gasteiger partial charge < -0.3 is 15.7 Å². The van der Waals surface area contributed by atoms with E-state index >= 15 is 0 Å². The molecule has 3 unspecified atom stereocenters. The average molecular weight is 312 g/mol. The quantitative estimate of drug-likeness (QED) is 0.832. The molecule has 1 aliphatic heterocycles. The number of aromatic nitrogens is 1. The first-order chi connectivity index (χ1) is 8.58. The van der Waals surface area contributed by atoms with Crippen molar-refractivity contribution < 1.29 is 5.11 Å². The van der Waals surface area contributed by atoms with Crippen LogP contribution >= 0.6 is 15.9 Å². The summed E-state index contributed by atoms with van der Waals surface area (Å²) in [6.07, 6.45) is 3.68. The first kappa shape index (κ1) is 12.2. The van der Waals surface area contributed by atoms with Gasteiger partial charge in [0.25, 0.3) is 0 Å². The summed E-state index contributed by atoms with van der Waals surface area (Å²) in [7, 11) is 0. The van der Waals surface area contributed by atoms with Crippen molar-refractivity contribution in [1.29, 1.82) is 0 Å². The maximum absolute atomic E-state index is 9.95. The van der Waals surface area contributed by atoms with Crippen LogP contribution in [0.15, 0.2) is 10.7 Å². The van der Waals surface area contributed by atoms with Crippen LogP contribution in [0.1, 0.15) is 18.4 Å². The average Bonchev–Trinajstić information content (AvgIpc) is 2.89. The highest BCUT2D eigenvalue weighted by atomic mass is 79.9. The van der Waals surface area contributed by atoms with E-state index in [0.717, 1.165) is 41.8 Å². The highest BCUT2D eigenvalue weighted by Crippen LogP contribution is 2.41. The number of anilines is 2. The molecule has 3 N–H and O–H groups in total. The molecule has 98 valence electrons. The van der Waals surface area contributed by atoms with Gasteiger partial charge in [0.1, 0.15) is 5.82 Å². The van der Waals surface area contributed by atoms with Crippen molar-refractivity contribution in [2.24, 2.45) is 11.8 Å². The molecule has 2 aliphatic rings. The molecule has 2 heterocycles. The van der Waals surface area contributed by atoms with Crippen LogP contribution in [0, 0.1) is 18.8 Å². The van der Waals surface area contributed by atoms with Crippen molar-refractivity contribution >= 4 is 27.4 Å². The second-order valence-corrected chi connectivity index (χ2v) is 6.24. The summed E-state index contributed by atoms with van der Waals surface area (Å²) < 4.78 is 0.983. The zero-order valence-corrected chi connectivity index (χ0v) is 12.0.